The zero-order chi connectivity index (χ0) is 32.4. The first kappa shape index (κ1) is 34.6. The van der Waals surface area contributed by atoms with E-state index in [-0.39, 0.29) is 21.9 Å². The van der Waals surface area contributed by atoms with E-state index >= 15 is 4.39 Å². The molecule has 2 aliphatic heterocycles. The van der Waals surface area contributed by atoms with Crippen LogP contribution in [0.2, 0.25) is 10.0 Å². The molecule has 4 atom stereocenters. The van der Waals surface area contributed by atoms with Crippen LogP contribution in [0.3, 0.4) is 0 Å². The quantitative estimate of drug-likeness (QED) is 0.330. The summed E-state index contributed by atoms with van der Waals surface area (Å²) in [6.07, 6.45) is 2.55. The predicted octanol–water partition coefficient (Wildman–Crippen LogP) is 3.86. The maximum atomic E-state index is 15.9. The number of nitrogens with zero attached hydrogens (tertiary/aromatic N) is 2. The van der Waals surface area contributed by atoms with Gasteiger partial charge in [-0.15, -0.1) is 0 Å². The summed E-state index contributed by atoms with van der Waals surface area (Å²) in [5, 5.41) is 9.97. The molecule has 0 spiro atoms. The molecule has 3 N–H and O–H groups in total. The van der Waals surface area contributed by atoms with Crippen molar-refractivity contribution in [1.82, 2.24) is 19.8 Å². The predicted molar refractivity (Wildman–Crippen MR) is 174 cm³/mol. The van der Waals surface area contributed by atoms with E-state index in [2.05, 4.69) is 41.6 Å². The molecule has 2 heterocycles. The Kier molecular flexibility index (Phi) is 10.7. The number of hydrogen-bond donors (Lipinski definition) is 3. The molecule has 0 aliphatic carbocycles. The SMILES string of the molecule is CNc1cc(Cl)ccc1[C@]1(C=O)[C@@H](CC(C)(C)C)N[C@@H](C(=O)NCCN2CCN(S(C)(=O)=O)CC2)[C@@H]1c1cccc(Cl)c1F. The van der Waals surface area contributed by atoms with E-state index in [1.165, 1.54) is 16.6 Å². The molecule has 44 heavy (non-hydrogen) atoms. The van der Waals surface area contributed by atoms with Crippen LogP contribution in [0, 0.1) is 11.2 Å². The highest BCUT2D eigenvalue weighted by atomic mass is 35.5. The van der Waals surface area contributed by atoms with Crippen molar-refractivity contribution in [2.45, 2.75) is 50.6 Å². The van der Waals surface area contributed by atoms with Gasteiger partial charge in [0.25, 0.3) is 0 Å². The van der Waals surface area contributed by atoms with Crippen molar-refractivity contribution in [3.8, 4) is 0 Å². The monoisotopic (exact) mass is 669 g/mol. The Balaban J connectivity index is 1.72. The number of hydrogen-bond acceptors (Lipinski definition) is 7. The number of carbonyl (C=O) groups is 2. The number of piperazine rings is 1. The Bertz CT molecular complexity index is 1480. The first-order chi connectivity index (χ1) is 20.6. The van der Waals surface area contributed by atoms with Crippen LogP contribution < -0.4 is 16.0 Å². The third-order valence-corrected chi connectivity index (χ3v) is 10.5. The van der Waals surface area contributed by atoms with Crippen LogP contribution in [0.4, 0.5) is 10.1 Å². The van der Waals surface area contributed by atoms with Gasteiger partial charge in [-0.2, -0.15) is 4.31 Å². The third-order valence-electron chi connectivity index (χ3n) is 8.66. The second-order valence-corrected chi connectivity index (χ2v) is 15.7. The van der Waals surface area contributed by atoms with Crippen molar-refractivity contribution in [3.05, 3.63) is 63.4 Å². The lowest BCUT2D eigenvalue weighted by atomic mass is 9.62. The number of carbonyl (C=O) groups excluding carboxylic acids is 2. The molecular formula is C31H42Cl2FN5O4S. The number of sulfonamides is 1. The number of aldehydes is 1. The zero-order valence-corrected chi connectivity index (χ0v) is 28.1. The van der Waals surface area contributed by atoms with E-state index in [4.69, 9.17) is 23.2 Å². The van der Waals surface area contributed by atoms with Gasteiger partial charge < -0.3 is 20.7 Å². The topological polar surface area (TPSA) is 111 Å². The average Bonchev–Trinajstić information content (AvgIpc) is 3.27. The van der Waals surface area contributed by atoms with E-state index in [0.29, 0.717) is 62.0 Å². The van der Waals surface area contributed by atoms with Crippen molar-refractivity contribution in [3.63, 3.8) is 0 Å². The molecule has 4 rings (SSSR count). The van der Waals surface area contributed by atoms with Gasteiger partial charge in [-0.05, 0) is 41.2 Å². The lowest BCUT2D eigenvalue weighted by molar-refractivity contribution is -0.123. The molecule has 0 aromatic heterocycles. The minimum absolute atomic E-state index is 0.0982. The Morgan fingerprint density at radius 2 is 1.84 bits per heavy atom. The van der Waals surface area contributed by atoms with Gasteiger partial charge >= 0.3 is 0 Å². The molecule has 0 radical (unpaired) electrons. The number of rotatable bonds is 10. The van der Waals surface area contributed by atoms with Gasteiger partial charge in [-0.3, -0.25) is 9.69 Å². The van der Waals surface area contributed by atoms with Gasteiger partial charge in [-0.1, -0.05) is 62.2 Å². The van der Waals surface area contributed by atoms with E-state index in [1.54, 1.807) is 37.4 Å². The largest absolute Gasteiger partial charge is 0.388 e. The maximum absolute atomic E-state index is 15.9. The fraction of sp³-hybridized carbons (Fsp3) is 0.548. The summed E-state index contributed by atoms with van der Waals surface area (Å²) in [5.74, 6) is -1.99. The van der Waals surface area contributed by atoms with Crippen LogP contribution >= 0.6 is 23.2 Å². The second kappa shape index (κ2) is 13.6. The molecule has 13 heteroatoms. The van der Waals surface area contributed by atoms with Gasteiger partial charge in [0.1, 0.15) is 12.1 Å². The molecule has 1 amide bonds. The van der Waals surface area contributed by atoms with E-state index in [1.807, 2.05) is 0 Å². The van der Waals surface area contributed by atoms with Gasteiger partial charge in [0, 0.05) is 69.0 Å². The van der Waals surface area contributed by atoms with Gasteiger partial charge in [0.05, 0.1) is 22.7 Å². The lowest BCUT2D eigenvalue weighted by Gasteiger charge is -2.39. The normalized spacial score (nSPS) is 25.1. The fourth-order valence-electron chi connectivity index (χ4n) is 6.62. The standard InChI is InChI=1S/C31H42Cl2FN5O4S/c1-30(2,3)18-25-31(19-40,22-10-9-20(32)17-24(22)35-4)26(21-7-6-8-23(33)27(21)34)28(37-25)29(41)36-11-12-38-13-15-39(16-14-38)44(5,42)43/h6-10,17,19,25-26,28,35,37H,11-16,18H2,1-5H3,(H,36,41)/t25-,26+,28-,31-/m1/s1. The molecule has 242 valence electrons. The molecule has 2 saturated heterocycles. The summed E-state index contributed by atoms with van der Waals surface area (Å²) in [6.45, 7) is 8.83. The first-order valence-electron chi connectivity index (χ1n) is 14.7. The summed E-state index contributed by atoms with van der Waals surface area (Å²) in [7, 11) is -1.52. The number of halogens is 3. The van der Waals surface area contributed by atoms with Crippen LogP contribution in [0.1, 0.15) is 44.2 Å². The van der Waals surface area contributed by atoms with E-state index in [9.17, 15) is 18.0 Å². The van der Waals surface area contributed by atoms with Crippen LogP contribution in [0.25, 0.3) is 0 Å². The summed E-state index contributed by atoms with van der Waals surface area (Å²) in [5.41, 5.74) is -0.250. The highest BCUT2D eigenvalue weighted by Crippen LogP contribution is 2.53. The van der Waals surface area contributed by atoms with Gasteiger partial charge in [0.2, 0.25) is 15.9 Å². The summed E-state index contributed by atoms with van der Waals surface area (Å²) in [6, 6.07) is 8.32. The number of amides is 1. The molecular weight excluding hydrogens is 628 g/mol. The smallest absolute Gasteiger partial charge is 0.237 e. The van der Waals surface area contributed by atoms with E-state index < -0.39 is 39.3 Å². The molecule has 2 aromatic carbocycles. The Morgan fingerprint density at radius 1 is 1.16 bits per heavy atom. The van der Waals surface area contributed by atoms with Crippen LogP contribution in [0.15, 0.2) is 36.4 Å². The zero-order valence-electron chi connectivity index (χ0n) is 25.8. The molecule has 0 saturated carbocycles. The molecule has 0 unspecified atom stereocenters. The Hall–Kier alpha value is -2.28. The molecule has 2 aliphatic rings. The fourth-order valence-corrected chi connectivity index (χ4v) is 7.80. The maximum Gasteiger partial charge on any atom is 0.237 e. The van der Waals surface area contributed by atoms with Crippen LogP contribution in [0.5, 0.6) is 0 Å². The molecule has 0 bridgehead atoms. The number of nitrogens with one attached hydrogen (secondary N) is 3. The first-order valence-corrected chi connectivity index (χ1v) is 17.3. The van der Waals surface area contributed by atoms with E-state index in [0.717, 1.165) is 6.29 Å². The summed E-state index contributed by atoms with van der Waals surface area (Å²) >= 11 is 12.6. The van der Waals surface area contributed by atoms with Crippen LogP contribution in [-0.2, 0) is 25.0 Å². The molecule has 2 fully saturated rings. The highest BCUT2D eigenvalue weighted by molar-refractivity contribution is 7.88. The minimum Gasteiger partial charge on any atom is -0.388 e. The summed E-state index contributed by atoms with van der Waals surface area (Å²) < 4.78 is 41.1. The van der Waals surface area contributed by atoms with Crippen LogP contribution in [-0.4, -0.2) is 94.5 Å². The van der Waals surface area contributed by atoms with Crippen molar-refractivity contribution in [2.24, 2.45) is 5.41 Å². The number of benzene rings is 2. The minimum atomic E-state index is -3.25. The number of anilines is 1. The van der Waals surface area contributed by atoms with Crippen molar-refractivity contribution in [2.75, 3.05) is 57.9 Å². The van der Waals surface area contributed by atoms with Crippen molar-refractivity contribution < 1.29 is 22.4 Å². The Labute approximate surface area is 269 Å². The summed E-state index contributed by atoms with van der Waals surface area (Å²) in [4.78, 5) is 29.7. The third kappa shape index (κ3) is 7.24. The Morgan fingerprint density at radius 3 is 2.43 bits per heavy atom. The second-order valence-electron chi connectivity index (χ2n) is 12.9. The lowest BCUT2D eigenvalue weighted by Crippen LogP contribution is -2.51. The molecule has 2 aromatic rings. The molecule has 9 nitrogen and oxygen atoms in total. The highest BCUT2D eigenvalue weighted by Gasteiger charge is 2.60. The van der Waals surface area contributed by atoms with Gasteiger partial charge in [-0.25, -0.2) is 12.8 Å². The van der Waals surface area contributed by atoms with Crippen molar-refractivity contribution >= 4 is 51.1 Å². The van der Waals surface area contributed by atoms with Gasteiger partial charge in [0.15, 0.2) is 0 Å². The van der Waals surface area contributed by atoms with Crippen molar-refractivity contribution in [1.29, 1.82) is 0 Å². The average molecular weight is 671 g/mol.